The van der Waals surface area contributed by atoms with Crippen molar-refractivity contribution in [2.45, 2.75) is 44.7 Å². The van der Waals surface area contributed by atoms with E-state index in [4.69, 9.17) is 0 Å². The van der Waals surface area contributed by atoms with Crippen LogP contribution >= 0.6 is 11.3 Å². The standard InChI is InChI=1S/C27H32F3N5O3S2/c1-40(37,38)35(17-20-4-2-3-5-20)21-8-6-19(7-9-21)14-24(36)33-10-12-34(13-11-33)25-23-15-22(16-27(28,29)30)39-26(23)32-18-31-25/h6-9,15,18,20H,2-5,10-14,16-17H2,1H3. The predicted molar refractivity (Wildman–Crippen MR) is 150 cm³/mol. The molecule has 0 spiro atoms. The van der Waals surface area contributed by atoms with E-state index in [1.807, 2.05) is 17.0 Å². The Hall–Kier alpha value is -2.93. The Morgan fingerprint density at radius 2 is 1.75 bits per heavy atom. The van der Waals surface area contributed by atoms with Gasteiger partial charge in [-0.1, -0.05) is 25.0 Å². The fraction of sp³-hybridized carbons (Fsp3) is 0.519. The lowest BCUT2D eigenvalue weighted by Crippen LogP contribution is -2.49. The Morgan fingerprint density at radius 1 is 1.07 bits per heavy atom. The summed E-state index contributed by atoms with van der Waals surface area (Å²) in [6, 6.07) is 8.67. The van der Waals surface area contributed by atoms with Crippen molar-refractivity contribution in [3.05, 3.63) is 47.1 Å². The van der Waals surface area contributed by atoms with Crippen molar-refractivity contribution in [2.24, 2.45) is 5.92 Å². The molecular weight excluding hydrogens is 563 g/mol. The van der Waals surface area contributed by atoms with Gasteiger partial charge in [0.2, 0.25) is 15.9 Å². The number of rotatable bonds is 8. The quantitative estimate of drug-likeness (QED) is 0.377. The van der Waals surface area contributed by atoms with Crippen LogP contribution in [-0.4, -0.2) is 74.3 Å². The van der Waals surface area contributed by atoms with Crippen LogP contribution in [0.5, 0.6) is 0 Å². The minimum absolute atomic E-state index is 0.0332. The van der Waals surface area contributed by atoms with Crippen LogP contribution in [0.3, 0.4) is 0 Å². The van der Waals surface area contributed by atoms with Crippen LogP contribution in [0.4, 0.5) is 24.7 Å². The van der Waals surface area contributed by atoms with E-state index in [-0.39, 0.29) is 17.2 Å². The number of alkyl halides is 3. The number of carbonyl (C=O) groups excluding carboxylic acids is 1. The van der Waals surface area contributed by atoms with Gasteiger partial charge in [0.15, 0.2) is 0 Å². The molecule has 216 valence electrons. The van der Waals surface area contributed by atoms with E-state index in [2.05, 4.69) is 9.97 Å². The molecule has 1 aliphatic carbocycles. The molecule has 2 aromatic heterocycles. The average Bonchev–Trinajstić information content (AvgIpc) is 3.55. The van der Waals surface area contributed by atoms with Crippen LogP contribution in [0.2, 0.25) is 0 Å². The van der Waals surface area contributed by atoms with E-state index in [9.17, 15) is 26.4 Å². The molecule has 1 saturated carbocycles. The third kappa shape index (κ3) is 6.85. The fourth-order valence-corrected chi connectivity index (χ4v) is 7.53. The van der Waals surface area contributed by atoms with Crippen molar-refractivity contribution in [1.82, 2.24) is 14.9 Å². The number of hydrogen-bond donors (Lipinski definition) is 0. The molecule has 40 heavy (non-hydrogen) atoms. The molecule has 1 aliphatic heterocycles. The van der Waals surface area contributed by atoms with Crippen LogP contribution in [0.1, 0.15) is 36.1 Å². The number of aromatic nitrogens is 2. The predicted octanol–water partition coefficient (Wildman–Crippen LogP) is 4.64. The first kappa shape index (κ1) is 28.6. The maximum Gasteiger partial charge on any atom is 0.393 e. The molecule has 1 saturated heterocycles. The zero-order chi connectivity index (χ0) is 28.5. The van der Waals surface area contributed by atoms with Gasteiger partial charge in [0.25, 0.3) is 0 Å². The largest absolute Gasteiger partial charge is 0.393 e. The summed E-state index contributed by atoms with van der Waals surface area (Å²) in [5, 5.41) is 0.600. The lowest BCUT2D eigenvalue weighted by atomic mass is 10.1. The second-order valence-electron chi connectivity index (χ2n) is 10.6. The number of anilines is 2. The van der Waals surface area contributed by atoms with E-state index < -0.39 is 22.6 Å². The van der Waals surface area contributed by atoms with Gasteiger partial charge in [0.05, 0.1) is 30.2 Å². The Balaban J connectivity index is 1.19. The molecule has 2 aliphatic rings. The number of halogens is 3. The van der Waals surface area contributed by atoms with Gasteiger partial charge in [0.1, 0.15) is 17.0 Å². The van der Waals surface area contributed by atoms with Crippen molar-refractivity contribution in [3.8, 4) is 0 Å². The summed E-state index contributed by atoms with van der Waals surface area (Å²) < 4.78 is 65.0. The van der Waals surface area contributed by atoms with E-state index in [1.165, 1.54) is 23.0 Å². The number of hydrogen-bond acceptors (Lipinski definition) is 7. The molecule has 13 heteroatoms. The highest BCUT2D eigenvalue weighted by Crippen LogP contribution is 2.34. The summed E-state index contributed by atoms with van der Waals surface area (Å²) in [5.41, 5.74) is 1.42. The number of benzene rings is 1. The Kier molecular flexibility index (Phi) is 8.23. The number of nitrogens with zero attached hydrogens (tertiary/aromatic N) is 5. The lowest BCUT2D eigenvalue weighted by molar-refractivity contribution is -0.130. The average molecular weight is 596 g/mol. The van der Waals surface area contributed by atoms with E-state index in [0.29, 0.717) is 60.4 Å². The highest BCUT2D eigenvalue weighted by Gasteiger charge is 2.30. The maximum absolute atomic E-state index is 13.0. The van der Waals surface area contributed by atoms with Gasteiger partial charge in [-0.25, -0.2) is 18.4 Å². The number of sulfonamides is 1. The molecule has 2 fully saturated rings. The van der Waals surface area contributed by atoms with Gasteiger partial charge >= 0.3 is 6.18 Å². The van der Waals surface area contributed by atoms with Crippen molar-refractivity contribution < 1.29 is 26.4 Å². The highest BCUT2D eigenvalue weighted by molar-refractivity contribution is 7.92. The molecule has 0 radical (unpaired) electrons. The normalized spacial score (nSPS) is 17.1. The lowest BCUT2D eigenvalue weighted by Gasteiger charge is -2.35. The molecule has 0 bridgehead atoms. The summed E-state index contributed by atoms with van der Waals surface area (Å²) in [6.45, 7) is 2.42. The van der Waals surface area contributed by atoms with Crippen LogP contribution in [0, 0.1) is 5.92 Å². The van der Waals surface area contributed by atoms with E-state index in [1.54, 1.807) is 17.0 Å². The number of amides is 1. The van der Waals surface area contributed by atoms with Crippen molar-refractivity contribution in [2.75, 3.05) is 48.2 Å². The molecule has 3 aromatic rings. The van der Waals surface area contributed by atoms with Gasteiger partial charge < -0.3 is 9.80 Å². The minimum Gasteiger partial charge on any atom is -0.352 e. The molecule has 0 unspecified atom stereocenters. The van der Waals surface area contributed by atoms with Crippen molar-refractivity contribution >= 4 is 49.0 Å². The van der Waals surface area contributed by atoms with Crippen molar-refractivity contribution in [3.63, 3.8) is 0 Å². The summed E-state index contributed by atoms with van der Waals surface area (Å²) in [6.07, 6.45) is 1.87. The summed E-state index contributed by atoms with van der Waals surface area (Å²) in [4.78, 5) is 26.0. The van der Waals surface area contributed by atoms with Crippen LogP contribution in [0.25, 0.3) is 10.2 Å². The second-order valence-corrected chi connectivity index (χ2v) is 13.6. The van der Waals surface area contributed by atoms with E-state index >= 15 is 0 Å². The molecule has 0 atom stereocenters. The van der Waals surface area contributed by atoms with Gasteiger partial charge in [-0.2, -0.15) is 13.2 Å². The fourth-order valence-electron chi connectivity index (χ4n) is 5.52. The third-order valence-corrected chi connectivity index (χ3v) is 9.75. The van der Waals surface area contributed by atoms with Crippen LogP contribution < -0.4 is 9.21 Å². The SMILES string of the molecule is CS(=O)(=O)N(CC1CCCC1)c1ccc(CC(=O)N2CCN(c3ncnc4sc(CC(F)(F)F)cc34)CC2)cc1. The summed E-state index contributed by atoms with van der Waals surface area (Å²) >= 11 is 1.02. The topological polar surface area (TPSA) is 86.7 Å². The second kappa shape index (κ2) is 11.5. The Labute approximate surface area is 235 Å². The molecule has 0 N–H and O–H groups in total. The smallest absolute Gasteiger partial charge is 0.352 e. The van der Waals surface area contributed by atoms with E-state index in [0.717, 1.165) is 42.6 Å². The van der Waals surface area contributed by atoms with Gasteiger partial charge in [0, 0.05) is 37.6 Å². The molecule has 8 nitrogen and oxygen atoms in total. The minimum atomic E-state index is -4.29. The first-order valence-electron chi connectivity index (χ1n) is 13.4. The summed E-state index contributed by atoms with van der Waals surface area (Å²) in [5.74, 6) is 0.925. The number of piperazine rings is 1. The first-order chi connectivity index (χ1) is 19.0. The van der Waals surface area contributed by atoms with Crippen molar-refractivity contribution in [1.29, 1.82) is 0 Å². The number of fused-ring (bicyclic) bond motifs is 1. The van der Waals surface area contributed by atoms with Gasteiger partial charge in [-0.3, -0.25) is 9.10 Å². The third-order valence-electron chi connectivity index (χ3n) is 7.54. The monoisotopic (exact) mass is 595 g/mol. The van der Waals surface area contributed by atoms with Crippen LogP contribution in [-0.2, 0) is 27.7 Å². The zero-order valence-electron chi connectivity index (χ0n) is 22.2. The van der Waals surface area contributed by atoms with Gasteiger partial charge in [-0.15, -0.1) is 11.3 Å². The Morgan fingerprint density at radius 3 is 2.38 bits per heavy atom. The summed E-state index contributed by atoms with van der Waals surface area (Å²) in [7, 11) is -3.41. The number of carbonyl (C=O) groups is 1. The number of thiophene rings is 1. The molecule has 1 amide bonds. The highest BCUT2D eigenvalue weighted by atomic mass is 32.2. The Bertz CT molecular complexity index is 1450. The van der Waals surface area contributed by atoms with Crippen LogP contribution in [0.15, 0.2) is 36.7 Å². The van der Waals surface area contributed by atoms with Gasteiger partial charge in [-0.05, 0) is 42.5 Å². The molecule has 3 heterocycles. The first-order valence-corrected chi connectivity index (χ1v) is 16.0. The molecule has 5 rings (SSSR count). The molecule has 1 aromatic carbocycles. The maximum atomic E-state index is 13.0. The zero-order valence-corrected chi connectivity index (χ0v) is 23.9. The molecular formula is C27H32F3N5O3S2.